The Morgan fingerprint density at radius 1 is 1.45 bits per heavy atom. The lowest BCUT2D eigenvalue weighted by atomic mass is 10.2. The number of aromatic nitrogens is 1. The highest BCUT2D eigenvalue weighted by atomic mass is 32.2. The zero-order valence-electron chi connectivity index (χ0n) is 11.1. The standard InChI is InChI=1S/C10H14N2O6S2/c1-4-18-7(13)5-20(16,17)12(3)9-8(10(14)15)6(2)11-19-9/h4-5H2,1-3H3,(H,14,15). The largest absolute Gasteiger partial charge is 0.478 e. The van der Waals surface area contributed by atoms with Gasteiger partial charge >= 0.3 is 11.9 Å². The van der Waals surface area contributed by atoms with Crippen molar-refractivity contribution in [1.29, 1.82) is 0 Å². The number of aromatic carboxylic acids is 1. The topological polar surface area (TPSA) is 114 Å². The second-order valence-electron chi connectivity index (χ2n) is 3.78. The zero-order chi connectivity index (χ0) is 15.5. The van der Waals surface area contributed by atoms with Gasteiger partial charge in [-0.05, 0) is 25.4 Å². The number of hydrogen-bond donors (Lipinski definition) is 1. The molecule has 112 valence electrons. The molecule has 0 bridgehead atoms. The van der Waals surface area contributed by atoms with Gasteiger partial charge in [-0.1, -0.05) is 0 Å². The molecule has 0 aliphatic carbocycles. The third kappa shape index (κ3) is 3.45. The van der Waals surface area contributed by atoms with Gasteiger partial charge in [0.1, 0.15) is 10.6 Å². The molecule has 0 fully saturated rings. The molecule has 0 radical (unpaired) electrons. The highest BCUT2D eigenvalue weighted by Gasteiger charge is 2.29. The number of aryl methyl sites for hydroxylation is 1. The smallest absolute Gasteiger partial charge is 0.340 e. The van der Waals surface area contributed by atoms with Gasteiger partial charge in [0.15, 0.2) is 5.75 Å². The van der Waals surface area contributed by atoms with Crippen LogP contribution in [0.15, 0.2) is 0 Å². The van der Waals surface area contributed by atoms with Crippen molar-refractivity contribution in [2.45, 2.75) is 13.8 Å². The average molecular weight is 322 g/mol. The van der Waals surface area contributed by atoms with Crippen LogP contribution >= 0.6 is 11.5 Å². The van der Waals surface area contributed by atoms with Crippen molar-refractivity contribution in [2.24, 2.45) is 0 Å². The predicted molar refractivity (Wildman–Crippen MR) is 72.6 cm³/mol. The molecule has 1 rings (SSSR count). The van der Waals surface area contributed by atoms with Crippen molar-refractivity contribution < 1.29 is 27.9 Å². The van der Waals surface area contributed by atoms with Crippen molar-refractivity contribution in [2.75, 3.05) is 23.7 Å². The normalized spacial score (nSPS) is 11.2. The van der Waals surface area contributed by atoms with E-state index in [1.165, 1.54) is 14.0 Å². The van der Waals surface area contributed by atoms with E-state index in [1.807, 2.05) is 0 Å². The maximum absolute atomic E-state index is 12.0. The van der Waals surface area contributed by atoms with Crippen LogP contribution in [-0.4, -0.2) is 49.2 Å². The molecular formula is C10H14N2O6S2. The summed E-state index contributed by atoms with van der Waals surface area (Å²) in [7, 11) is -2.84. The molecule has 10 heteroatoms. The number of sulfonamides is 1. The van der Waals surface area contributed by atoms with Crippen LogP contribution in [0.2, 0.25) is 0 Å². The van der Waals surface area contributed by atoms with E-state index in [0.29, 0.717) is 0 Å². The number of rotatable bonds is 6. The lowest BCUT2D eigenvalue weighted by Crippen LogP contribution is -2.33. The Kier molecular flexibility index (Phi) is 5.06. The molecule has 0 aliphatic heterocycles. The highest BCUT2D eigenvalue weighted by molar-refractivity contribution is 7.93. The van der Waals surface area contributed by atoms with Crippen molar-refractivity contribution in [3.05, 3.63) is 11.3 Å². The summed E-state index contributed by atoms with van der Waals surface area (Å²) in [5, 5.41) is 9.03. The first-order valence-electron chi connectivity index (χ1n) is 5.52. The number of carboxylic acid groups (broad SMARTS) is 1. The van der Waals surface area contributed by atoms with Gasteiger partial charge < -0.3 is 9.84 Å². The lowest BCUT2D eigenvalue weighted by Gasteiger charge is -2.17. The van der Waals surface area contributed by atoms with E-state index in [9.17, 15) is 18.0 Å². The van der Waals surface area contributed by atoms with Crippen molar-refractivity contribution in [3.8, 4) is 0 Å². The Morgan fingerprint density at radius 3 is 2.55 bits per heavy atom. The number of anilines is 1. The Morgan fingerprint density at radius 2 is 2.05 bits per heavy atom. The summed E-state index contributed by atoms with van der Waals surface area (Å²) >= 11 is 0.744. The van der Waals surface area contributed by atoms with E-state index in [2.05, 4.69) is 9.11 Å². The second-order valence-corrected chi connectivity index (χ2v) is 6.53. The van der Waals surface area contributed by atoms with E-state index in [-0.39, 0.29) is 22.9 Å². The number of nitrogens with zero attached hydrogens (tertiary/aromatic N) is 2. The molecule has 0 saturated carbocycles. The van der Waals surface area contributed by atoms with Gasteiger partial charge in [0.25, 0.3) is 0 Å². The van der Waals surface area contributed by atoms with E-state index in [0.717, 1.165) is 15.8 Å². The van der Waals surface area contributed by atoms with Gasteiger partial charge in [0, 0.05) is 7.05 Å². The molecule has 0 unspecified atom stereocenters. The van der Waals surface area contributed by atoms with Crippen molar-refractivity contribution in [3.63, 3.8) is 0 Å². The van der Waals surface area contributed by atoms with Crippen LogP contribution in [0.25, 0.3) is 0 Å². The molecule has 0 atom stereocenters. The third-order valence-corrected chi connectivity index (χ3v) is 5.12. The van der Waals surface area contributed by atoms with E-state index in [1.54, 1.807) is 6.92 Å². The van der Waals surface area contributed by atoms with Gasteiger partial charge in [-0.15, -0.1) is 0 Å². The molecule has 1 aromatic rings. The maximum atomic E-state index is 12.0. The molecule has 0 aromatic carbocycles. The van der Waals surface area contributed by atoms with Crippen LogP contribution < -0.4 is 4.31 Å². The van der Waals surface area contributed by atoms with E-state index >= 15 is 0 Å². The van der Waals surface area contributed by atoms with E-state index < -0.39 is 27.7 Å². The summed E-state index contributed by atoms with van der Waals surface area (Å²) in [6.07, 6.45) is 0. The summed E-state index contributed by atoms with van der Waals surface area (Å²) < 4.78 is 33.2. The van der Waals surface area contributed by atoms with Gasteiger partial charge in [-0.25, -0.2) is 13.2 Å². The zero-order valence-corrected chi connectivity index (χ0v) is 12.7. The maximum Gasteiger partial charge on any atom is 0.340 e. The number of carboxylic acids is 1. The molecule has 0 spiro atoms. The number of ether oxygens (including phenoxy) is 1. The van der Waals surface area contributed by atoms with Gasteiger partial charge in [-0.3, -0.25) is 9.10 Å². The monoisotopic (exact) mass is 322 g/mol. The number of carbonyl (C=O) groups is 2. The fourth-order valence-electron chi connectivity index (χ4n) is 1.39. The van der Waals surface area contributed by atoms with Crippen LogP contribution in [0.3, 0.4) is 0 Å². The Bertz CT molecular complexity index is 622. The Hall–Kier alpha value is -1.68. The Labute approximate surface area is 120 Å². The van der Waals surface area contributed by atoms with Gasteiger partial charge in [-0.2, -0.15) is 4.37 Å². The van der Waals surface area contributed by atoms with E-state index in [4.69, 9.17) is 5.11 Å². The van der Waals surface area contributed by atoms with Crippen LogP contribution in [0.4, 0.5) is 5.00 Å². The fourth-order valence-corrected chi connectivity index (χ4v) is 3.51. The summed E-state index contributed by atoms with van der Waals surface area (Å²) in [6, 6.07) is 0. The number of esters is 1. The fraction of sp³-hybridized carbons (Fsp3) is 0.500. The van der Waals surface area contributed by atoms with Crippen LogP contribution in [-0.2, 0) is 19.6 Å². The summed E-state index contributed by atoms with van der Waals surface area (Å²) in [6.45, 7) is 3.09. The minimum Gasteiger partial charge on any atom is -0.478 e. The highest BCUT2D eigenvalue weighted by Crippen LogP contribution is 2.29. The molecule has 0 aliphatic rings. The van der Waals surface area contributed by atoms with Gasteiger partial charge in [0.05, 0.1) is 12.3 Å². The van der Waals surface area contributed by atoms with Crippen LogP contribution in [0.5, 0.6) is 0 Å². The minimum absolute atomic E-state index is 0.0423. The molecule has 1 aromatic heterocycles. The van der Waals surface area contributed by atoms with Crippen molar-refractivity contribution >= 4 is 38.5 Å². The van der Waals surface area contributed by atoms with Gasteiger partial charge in [0.2, 0.25) is 10.0 Å². The molecule has 0 saturated heterocycles. The molecule has 1 heterocycles. The van der Waals surface area contributed by atoms with Crippen LogP contribution in [0, 0.1) is 6.92 Å². The SMILES string of the molecule is CCOC(=O)CS(=O)(=O)N(C)c1snc(C)c1C(=O)O. The first-order valence-corrected chi connectivity index (χ1v) is 7.90. The third-order valence-electron chi connectivity index (χ3n) is 2.37. The summed E-state index contributed by atoms with van der Waals surface area (Å²) in [5.41, 5.74) is 0.0284. The second kappa shape index (κ2) is 6.18. The summed E-state index contributed by atoms with van der Waals surface area (Å²) in [5.74, 6) is -3.02. The number of carbonyl (C=O) groups excluding carboxylic acids is 1. The molecule has 20 heavy (non-hydrogen) atoms. The minimum atomic E-state index is -4.01. The molecule has 8 nitrogen and oxygen atoms in total. The quantitative estimate of drug-likeness (QED) is 0.757. The van der Waals surface area contributed by atoms with Crippen molar-refractivity contribution in [1.82, 2.24) is 4.37 Å². The average Bonchev–Trinajstić information content (AvgIpc) is 2.69. The summed E-state index contributed by atoms with van der Waals surface area (Å²) in [4.78, 5) is 22.4. The molecule has 1 N–H and O–H groups in total. The molecular weight excluding hydrogens is 308 g/mol. The van der Waals surface area contributed by atoms with Crippen LogP contribution in [0.1, 0.15) is 23.0 Å². The molecule has 0 amide bonds. The number of hydrogen-bond acceptors (Lipinski definition) is 7. The first-order chi connectivity index (χ1) is 9.20. The first kappa shape index (κ1) is 16.4. The predicted octanol–water partition coefficient (Wildman–Crippen LogP) is 0.479. The Balaban J connectivity index is 3.09. The lowest BCUT2D eigenvalue weighted by molar-refractivity contribution is -0.139.